The van der Waals surface area contributed by atoms with Crippen molar-refractivity contribution in [3.8, 4) is 0 Å². The number of nitrogens with two attached hydrogens (primary N) is 1. The molecule has 0 aromatic heterocycles. The molecule has 1 rings (SSSR count). The van der Waals surface area contributed by atoms with E-state index in [9.17, 15) is 0 Å². The highest BCUT2D eigenvalue weighted by atomic mass is 35.5. The zero-order valence-corrected chi connectivity index (χ0v) is 13.5. The Balaban J connectivity index is 2.61. The first kappa shape index (κ1) is 16.5. The lowest BCUT2D eigenvalue weighted by atomic mass is 9.87. The number of nitrogens with one attached hydrogen (secondary N) is 1. The summed E-state index contributed by atoms with van der Waals surface area (Å²) >= 11 is 12.3. The summed E-state index contributed by atoms with van der Waals surface area (Å²) in [5, 5.41) is 4.51. The van der Waals surface area contributed by atoms with Gasteiger partial charge in [-0.15, -0.1) is 0 Å². The lowest BCUT2D eigenvalue weighted by molar-refractivity contribution is 0.342. The molecule has 0 amide bonds. The van der Waals surface area contributed by atoms with Crippen LogP contribution in [-0.2, 0) is 0 Å². The molecule has 19 heavy (non-hydrogen) atoms. The van der Waals surface area contributed by atoms with Crippen molar-refractivity contribution in [3.63, 3.8) is 0 Å². The van der Waals surface area contributed by atoms with Gasteiger partial charge in [-0.3, -0.25) is 0 Å². The molecule has 0 fully saturated rings. The van der Waals surface area contributed by atoms with E-state index in [0.29, 0.717) is 15.7 Å². The van der Waals surface area contributed by atoms with E-state index in [1.54, 1.807) is 12.1 Å². The third-order valence-corrected chi connectivity index (χ3v) is 3.86. The summed E-state index contributed by atoms with van der Waals surface area (Å²) in [6.07, 6.45) is 4.98. The average molecular weight is 303 g/mol. The fourth-order valence-electron chi connectivity index (χ4n) is 2.03. The van der Waals surface area contributed by atoms with Crippen molar-refractivity contribution in [2.75, 3.05) is 17.6 Å². The maximum Gasteiger partial charge on any atom is 0.0720 e. The average Bonchev–Trinajstić information content (AvgIpc) is 2.27. The highest BCUT2D eigenvalue weighted by molar-refractivity contribution is 6.39. The van der Waals surface area contributed by atoms with Crippen LogP contribution in [0.15, 0.2) is 12.1 Å². The monoisotopic (exact) mass is 302 g/mol. The van der Waals surface area contributed by atoms with E-state index in [-0.39, 0.29) is 5.41 Å². The van der Waals surface area contributed by atoms with Gasteiger partial charge in [0.2, 0.25) is 0 Å². The van der Waals surface area contributed by atoms with Gasteiger partial charge in [-0.25, -0.2) is 0 Å². The number of rotatable bonds is 7. The first-order valence-electron chi connectivity index (χ1n) is 6.84. The minimum absolute atomic E-state index is 0.225. The van der Waals surface area contributed by atoms with Gasteiger partial charge in [-0.2, -0.15) is 0 Å². The third-order valence-electron chi connectivity index (χ3n) is 3.27. The lowest BCUT2D eigenvalue weighted by Crippen LogP contribution is -2.23. The highest BCUT2D eigenvalue weighted by Gasteiger charge is 2.18. The number of nitrogen functional groups attached to an aromatic ring is 1. The van der Waals surface area contributed by atoms with Gasteiger partial charge in [0.15, 0.2) is 0 Å². The van der Waals surface area contributed by atoms with Gasteiger partial charge in [-0.05, 0) is 24.0 Å². The van der Waals surface area contributed by atoms with Crippen molar-refractivity contribution in [3.05, 3.63) is 22.2 Å². The van der Waals surface area contributed by atoms with E-state index in [4.69, 9.17) is 28.9 Å². The van der Waals surface area contributed by atoms with Crippen LogP contribution in [0.3, 0.4) is 0 Å². The zero-order valence-electron chi connectivity index (χ0n) is 12.0. The Kier molecular flexibility index (Phi) is 6.28. The van der Waals surface area contributed by atoms with Gasteiger partial charge < -0.3 is 11.1 Å². The molecule has 3 N–H and O–H groups in total. The van der Waals surface area contributed by atoms with Crippen LogP contribution in [0.1, 0.15) is 46.5 Å². The van der Waals surface area contributed by atoms with Gasteiger partial charge in [0.25, 0.3) is 0 Å². The Hall–Kier alpha value is -0.600. The number of anilines is 2. The smallest absolute Gasteiger partial charge is 0.0720 e. The van der Waals surface area contributed by atoms with Crippen molar-refractivity contribution in [1.29, 1.82) is 0 Å². The summed E-state index contributed by atoms with van der Waals surface area (Å²) in [6.45, 7) is 7.59. The minimum atomic E-state index is 0.225. The second-order valence-corrected chi connectivity index (χ2v) is 6.65. The Labute approximate surface area is 126 Å². The van der Waals surface area contributed by atoms with Crippen LogP contribution in [-0.4, -0.2) is 6.54 Å². The van der Waals surface area contributed by atoms with E-state index in [0.717, 1.165) is 12.2 Å². The molecule has 0 radical (unpaired) electrons. The zero-order chi connectivity index (χ0) is 14.5. The first-order chi connectivity index (χ1) is 8.85. The molecule has 0 heterocycles. The number of hydrogen-bond acceptors (Lipinski definition) is 2. The molecule has 1 aromatic rings. The summed E-state index contributed by atoms with van der Waals surface area (Å²) in [4.78, 5) is 0. The Morgan fingerprint density at radius 3 is 2.26 bits per heavy atom. The predicted octanol–water partition coefficient (Wildman–Crippen LogP) is 5.59. The Morgan fingerprint density at radius 1 is 1.16 bits per heavy atom. The lowest BCUT2D eigenvalue weighted by Gasteiger charge is -2.26. The van der Waals surface area contributed by atoms with Crippen LogP contribution in [0.2, 0.25) is 10.0 Å². The largest absolute Gasteiger partial charge is 0.399 e. The number of hydrogen-bond donors (Lipinski definition) is 2. The van der Waals surface area contributed by atoms with E-state index < -0.39 is 0 Å². The summed E-state index contributed by atoms with van der Waals surface area (Å²) < 4.78 is 0. The first-order valence-corrected chi connectivity index (χ1v) is 7.60. The quantitative estimate of drug-likeness (QED) is 0.508. The summed E-state index contributed by atoms with van der Waals surface area (Å²) in [7, 11) is 0. The fraction of sp³-hybridized carbons (Fsp3) is 0.600. The molecule has 0 saturated heterocycles. The van der Waals surface area contributed by atoms with E-state index in [1.165, 1.54) is 25.7 Å². The van der Waals surface area contributed by atoms with Gasteiger partial charge >= 0.3 is 0 Å². The van der Waals surface area contributed by atoms with Crippen LogP contribution in [0.5, 0.6) is 0 Å². The number of halogens is 2. The van der Waals surface area contributed by atoms with E-state index in [2.05, 4.69) is 26.1 Å². The van der Waals surface area contributed by atoms with E-state index >= 15 is 0 Å². The maximum atomic E-state index is 6.16. The van der Waals surface area contributed by atoms with Gasteiger partial charge in [0.05, 0.1) is 15.7 Å². The summed E-state index contributed by atoms with van der Waals surface area (Å²) in [5.74, 6) is 0. The standard InChI is InChI=1S/C15H24Cl2N2/c1-4-5-6-7-15(2,3)10-19-14-12(16)8-11(18)9-13(14)17/h8-9,19H,4-7,10,18H2,1-3H3. The van der Waals surface area contributed by atoms with E-state index in [1.807, 2.05) is 0 Å². The van der Waals surface area contributed by atoms with Gasteiger partial charge in [0.1, 0.15) is 0 Å². The van der Waals surface area contributed by atoms with Crippen LogP contribution in [0.25, 0.3) is 0 Å². The van der Waals surface area contributed by atoms with Crippen molar-refractivity contribution in [2.24, 2.45) is 5.41 Å². The SMILES string of the molecule is CCCCCC(C)(C)CNc1c(Cl)cc(N)cc1Cl. The normalized spacial score (nSPS) is 11.6. The molecule has 0 aliphatic heterocycles. The molecular weight excluding hydrogens is 279 g/mol. The van der Waals surface area contributed by atoms with Crippen molar-refractivity contribution in [1.82, 2.24) is 0 Å². The number of unbranched alkanes of at least 4 members (excludes halogenated alkanes) is 2. The highest BCUT2D eigenvalue weighted by Crippen LogP contribution is 2.34. The van der Waals surface area contributed by atoms with Crippen LogP contribution >= 0.6 is 23.2 Å². The van der Waals surface area contributed by atoms with Crippen molar-refractivity contribution in [2.45, 2.75) is 46.5 Å². The van der Waals surface area contributed by atoms with Gasteiger partial charge in [0, 0.05) is 12.2 Å². The Bertz CT molecular complexity index is 394. The molecule has 2 nitrogen and oxygen atoms in total. The minimum Gasteiger partial charge on any atom is -0.399 e. The fourth-order valence-corrected chi connectivity index (χ4v) is 2.67. The predicted molar refractivity (Wildman–Crippen MR) is 87.3 cm³/mol. The summed E-state index contributed by atoms with van der Waals surface area (Å²) in [5.41, 5.74) is 7.28. The van der Waals surface area contributed by atoms with Crippen LogP contribution in [0, 0.1) is 5.41 Å². The van der Waals surface area contributed by atoms with Gasteiger partial charge in [-0.1, -0.05) is 63.2 Å². The molecule has 0 unspecified atom stereocenters. The second-order valence-electron chi connectivity index (χ2n) is 5.83. The van der Waals surface area contributed by atoms with Crippen LogP contribution in [0.4, 0.5) is 11.4 Å². The maximum absolute atomic E-state index is 6.16. The molecular formula is C15H24Cl2N2. The molecule has 0 saturated carbocycles. The topological polar surface area (TPSA) is 38.0 Å². The third kappa shape index (κ3) is 5.50. The number of benzene rings is 1. The molecule has 108 valence electrons. The molecule has 0 aliphatic carbocycles. The molecule has 0 bridgehead atoms. The molecule has 0 aliphatic rings. The van der Waals surface area contributed by atoms with Crippen LogP contribution < -0.4 is 11.1 Å². The summed E-state index contributed by atoms with van der Waals surface area (Å²) in [6, 6.07) is 3.44. The molecule has 4 heteroatoms. The Morgan fingerprint density at radius 2 is 1.74 bits per heavy atom. The molecule has 0 atom stereocenters. The molecule has 0 spiro atoms. The molecule has 1 aromatic carbocycles. The van der Waals surface area contributed by atoms with Crippen molar-refractivity contribution < 1.29 is 0 Å². The second kappa shape index (κ2) is 7.25. The van der Waals surface area contributed by atoms with Crippen molar-refractivity contribution >= 4 is 34.6 Å².